The Hall–Kier alpha value is -0.0400. The lowest BCUT2D eigenvalue weighted by molar-refractivity contribution is -0.0516. The molecule has 0 aromatic rings. The number of hydrogen-bond donors (Lipinski definition) is 0. The minimum absolute atomic E-state index is 0.520. The first-order valence-electron chi connectivity index (χ1n) is 7.48. The normalized spacial score (nSPS) is 56.8. The third-order valence-corrected chi connectivity index (χ3v) is 6.62. The average Bonchev–Trinajstić information content (AvgIpc) is 2.43. The SMILES string of the molecule is C[N-]C1CC2C3C[C@]1(C)C[C@]2(C)C[C@@H]3C(C)C. The van der Waals surface area contributed by atoms with Crippen molar-refractivity contribution in [2.45, 2.75) is 59.4 Å². The molecule has 98 valence electrons. The first-order valence-corrected chi connectivity index (χ1v) is 7.48. The van der Waals surface area contributed by atoms with Crippen LogP contribution in [0, 0.1) is 34.5 Å². The zero-order chi connectivity index (χ0) is 12.4. The summed E-state index contributed by atoms with van der Waals surface area (Å²) >= 11 is 0. The van der Waals surface area contributed by atoms with E-state index in [0.29, 0.717) is 16.9 Å². The molecule has 0 spiro atoms. The predicted molar refractivity (Wildman–Crippen MR) is 73.1 cm³/mol. The Morgan fingerprint density at radius 3 is 2.35 bits per heavy atom. The lowest BCUT2D eigenvalue weighted by atomic mass is 9.49. The molecule has 0 aromatic heterocycles. The second kappa shape index (κ2) is 3.50. The third kappa shape index (κ3) is 1.47. The fourth-order valence-electron chi connectivity index (χ4n) is 6.07. The Balaban J connectivity index is 1.94. The van der Waals surface area contributed by atoms with Crippen LogP contribution in [0.3, 0.4) is 0 Å². The Labute approximate surface area is 107 Å². The first-order chi connectivity index (χ1) is 7.89. The van der Waals surface area contributed by atoms with Crippen LogP contribution in [0.25, 0.3) is 5.32 Å². The summed E-state index contributed by atoms with van der Waals surface area (Å²) in [5, 5.41) is 4.70. The molecule has 4 bridgehead atoms. The van der Waals surface area contributed by atoms with Gasteiger partial charge in [-0.2, -0.15) is 7.05 Å². The van der Waals surface area contributed by atoms with Gasteiger partial charge in [0.05, 0.1) is 0 Å². The van der Waals surface area contributed by atoms with Crippen molar-refractivity contribution in [1.82, 2.24) is 0 Å². The van der Waals surface area contributed by atoms with Crippen LogP contribution in [-0.2, 0) is 0 Å². The highest BCUT2D eigenvalue weighted by molar-refractivity contribution is 5.18. The average molecular weight is 234 g/mol. The molecule has 0 radical (unpaired) electrons. The summed E-state index contributed by atoms with van der Waals surface area (Å²) in [6.07, 6.45) is 5.77. The monoisotopic (exact) mass is 234 g/mol. The van der Waals surface area contributed by atoms with Gasteiger partial charge in [-0.15, -0.1) is 6.04 Å². The van der Waals surface area contributed by atoms with Gasteiger partial charge >= 0.3 is 0 Å². The van der Waals surface area contributed by atoms with Crippen LogP contribution in [0.5, 0.6) is 0 Å². The quantitative estimate of drug-likeness (QED) is 0.669. The summed E-state index contributed by atoms with van der Waals surface area (Å²) < 4.78 is 0. The Morgan fingerprint density at radius 1 is 1.12 bits per heavy atom. The molecule has 0 heterocycles. The summed E-state index contributed by atoms with van der Waals surface area (Å²) in [7, 11) is 2.04. The zero-order valence-corrected chi connectivity index (χ0v) is 12.2. The van der Waals surface area contributed by atoms with Crippen molar-refractivity contribution in [2.24, 2.45) is 34.5 Å². The van der Waals surface area contributed by atoms with Crippen molar-refractivity contribution in [2.75, 3.05) is 7.05 Å². The second-order valence-corrected chi connectivity index (χ2v) is 8.08. The molecule has 4 fully saturated rings. The van der Waals surface area contributed by atoms with E-state index < -0.39 is 0 Å². The van der Waals surface area contributed by atoms with Gasteiger partial charge in [-0.1, -0.05) is 34.1 Å². The minimum Gasteiger partial charge on any atom is -0.662 e. The zero-order valence-electron chi connectivity index (χ0n) is 12.2. The van der Waals surface area contributed by atoms with Crippen LogP contribution in [0.4, 0.5) is 0 Å². The maximum absolute atomic E-state index is 4.70. The molecule has 0 N–H and O–H groups in total. The van der Waals surface area contributed by atoms with Gasteiger partial charge < -0.3 is 5.32 Å². The smallest absolute Gasteiger partial charge is 0.0288 e. The van der Waals surface area contributed by atoms with Gasteiger partial charge in [-0.25, -0.2) is 0 Å². The van der Waals surface area contributed by atoms with Crippen LogP contribution in [0.15, 0.2) is 0 Å². The number of rotatable bonds is 2. The van der Waals surface area contributed by atoms with E-state index in [-0.39, 0.29) is 0 Å². The highest BCUT2D eigenvalue weighted by atomic mass is 14.9. The lowest BCUT2D eigenvalue weighted by Crippen LogP contribution is -2.53. The maximum Gasteiger partial charge on any atom is -0.0288 e. The number of fused-ring (bicyclic) bond motifs is 1. The summed E-state index contributed by atoms with van der Waals surface area (Å²) in [6, 6.07) is 0.655. The van der Waals surface area contributed by atoms with Gasteiger partial charge in [-0.05, 0) is 53.8 Å². The van der Waals surface area contributed by atoms with E-state index in [0.717, 1.165) is 23.7 Å². The van der Waals surface area contributed by atoms with Crippen molar-refractivity contribution >= 4 is 0 Å². The van der Waals surface area contributed by atoms with Gasteiger partial charge in [0.15, 0.2) is 0 Å². The van der Waals surface area contributed by atoms with E-state index in [2.05, 4.69) is 27.7 Å². The van der Waals surface area contributed by atoms with Crippen molar-refractivity contribution in [3.8, 4) is 0 Å². The third-order valence-electron chi connectivity index (χ3n) is 6.62. The largest absolute Gasteiger partial charge is 0.662 e. The van der Waals surface area contributed by atoms with E-state index in [9.17, 15) is 0 Å². The molecular weight excluding hydrogens is 206 g/mol. The maximum atomic E-state index is 4.70. The van der Waals surface area contributed by atoms with Crippen LogP contribution in [0.2, 0.25) is 0 Å². The van der Waals surface area contributed by atoms with Crippen LogP contribution in [-0.4, -0.2) is 13.1 Å². The minimum atomic E-state index is 0.520. The summed E-state index contributed by atoms with van der Waals surface area (Å²) in [6.45, 7) is 9.98. The molecule has 3 unspecified atom stereocenters. The summed E-state index contributed by atoms with van der Waals surface area (Å²) in [5.74, 6) is 3.86. The van der Waals surface area contributed by atoms with Gasteiger partial charge in [-0.3, -0.25) is 0 Å². The highest BCUT2D eigenvalue weighted by Gasteiger charge is 2.62. The number of nitrogens with zero attached hydrogens (tertiary/aromatic N) is 1. The molecule has 0 amide bonds. The molecule has 17 heavy (non-hydrogen) atoms. The van der Waals surface area contributed by atoms with Gasteiger partial charge in [0, 0.05) is 0 Å². The van der Waals surface area contributed by atoms with Crippen molar-refractivity contribution in [3.05, 3.63) is 5.32 Å². The topological polar surface area (TPSA) is 14.1 Å². The van der Waals surface area contributed by atoms with Gasteiger partial charge in [0.25, 0.3) is 0 Å². The molecule has 0 saturated heterocycles. The van der Waals surface area contributed by atoms with E-state index in [4.69, 9.17) is 5.32 Å². The van der Waals surface area contributed by atoms with Crippen molar-refractivity contribution < 1.29 is 0 Å². The Morgan fingerprint density at radius 2 is 1.82 bits per heavy atom. The summed E-state index contributed by atoms with van der Waals surface area (Å²) in [5.41, 5.74) is 1.17. The van der Waals surface area contributed by atoms with E-state index in [1.165, 1.54) is 25.7 Å². The highest BCUT2D eigenvalue weighted by Crippen LogP contribution is 2.70. The molecule has 4 rings (SSSR count). The standard InChI is InChI=1S/C16H28N/c1-10(2)11-7-15(3)9-16(4)8-12(11)13(15)6-14(16)17-5/h10-14H,6-9H2,1-5H3/q-1/t11-,12?,13?,14?,15+,16-/m1/s1. The molecule has 4 saturated carbocycles. The molecule has 4 aliphatic carbocycles. The lowest BCUT2D eigenvalue weighted by Gasteiger charge is -2.63. The number of hydrogen-bond acceptors (Lipinski definition) is 0. The van der Waals surface area contributed by atoms with E-state index in [1.54, 1.807) is 0 Å². The predicted octanol–water partition coefficient (Wildman–Crippen LogP) is 4.48. The van der Waals surface area contributed by atoms with Crippen LogP contribution < -0.4 is 0 Å². The molecule has 1 nitrogen and oxygen atoms in total. The van der Waals surface area contributed by atoms with E-state index in [1.807, 2.05) is 7.05 Å². The molecule has 4 aliphatic rings. The Bertz CT molecular complexity index is 323. The van der Waals surface area contributed by atoms with Crippen LogP contribution >= 0.6 is 0 Å². The van der Waals surface area contributed by atoms with Gasteiger partial charge in [0.2, 0.25) is 0 Å². The molecule has 0 aromatic carbocycles. The summed E-state index contributed by atoms with van der Waals surface area (Å²) in [4.78, 5) is 0. The van der Waals surface area contributed by atoms with E-state index >= 15 is 0 Å². The van der Waals surface area contributed by atoms with Crippen molar-refractivity contribution in [3.63, 3.8) is 0 Å². The van der Waals surface area contributed by atoms with Crippen LogP contribution in [0.1, 0.15) is 53.4 Å². The van der Waals surface area contributed by atoms with Gasteiger partial charge in [0.1, 0.15) is 0 Å². The molecular formula is C16H28N-. The van der Waals surface area contributed by atoms with Crippen molar-refractivity contribution in [1.29, 1.82) is 0 Å². The fraction of sp³-hybridized carbons (Fsp3) is 1.00. The second-order valence-electron chi connectivity index (χ2n) is 8.08. The fourth-order valence-corrected chi connectivity index (χ4v) is 6.07. The first kappa shape index (κ1) is 12.0. The molecule has 0 aliphatic heterocycles. The molecule has 1 heteroatoms. The Kier molecular flexibility index (Phi) is 2.47. The molecule has 6 atom stereocenters.